The lowest BCUT2D eigenvalue weighted by Crippen LogP contribution is -2.38. The molecule has 14 heavy (non-hydrogen) atoms. The summed E-state index contributed by atoms with van der Waals surface area (Å²) in [6.45, 7) is 4.19. The maximum absolute atomic E-state index is 8.77. The van der Waals surface area contributed by atoms with E-state index >= 15 is 0 Å². The van der Waals surface area contributed by atoms with E-state index in [4.69, 9.17) is 10.00 Å². The van der Waals surface area contributed by atoms with E-state index in [0.717, 1.165) is 39.1 Å². The summed E-state index contributed by atoms with van der Waals surface area (Å²) in [4.78, 5) is 2.45. The van der Waals surface area contributed by atoms with Gasteiger partial charge in [0.05, 0.1) is 12.2 Å². The van der Waals surface area contributed by atoms with Crippen LogP contribution in [0.2, 0.25) is 0 Å². The molecule has 0 spiro atoms. The summed E-state index contributed by atoms with van der Waals surface area (Å²) in [6.07, 6.45) is 5.00. The lowest BCUT2D eigenvalue weighted by atomic mass is 9.98. The molecule has 1 atom stereocenters. The molecule has 2 heterocycles. The molecule has 3 nitrogen and oxygen atoms in total. The van der Waals surface area contributed by atoms with Crippen molar-refractivity contribution in [2.75, 3.05) is 26.2 Å². The molecular weight excluding hydrogens is 176 g/mol. The fourth-order valence-corrected chi connectivity index (χ4v) is 2.32. The van der Waals surface area contributed by atoms with Gasteiger partial charge in [0.1, 0.15) is 0 Å². The second-order valence-electron chi connectivity index (χ2n) is 4.34. The molecule has 2 aliphatic rings. The first kappa shape index (κ1) is 9.95. The van der Waals surface area contributed by atoms with Crippen LogP contribution in [0, 0.1) is 17.2 Å². The highest BCUT2D eigenvalue weighted by Gasteiger charge is 2.23. The zero-order valence-corrected chi connectivity index (χ0v) is 8.61. The quantitative estimate of drug-likeness (QED) is 0.666. The van der Waals surface area contributed by atoms with Crippen molar-refractivity contribution in [3.63, 3.8) is 0 Å². The Labute approximate surface area is 85.6 Å². The summed E-state index contributed by atoms with van der Waals surface area (Å²) in [6, 6.07) is 2.36. The molecule has 2 saturated heterocycles. The van der Waals surface area contributed by atoms with Crippen molar-refractivity contribution < 1.29 is 4.74 Å². The Bertz CT molecular complexity index is 210. The highest BCUT2D eigenvalue weighted by molar-refractivity contribution is 4.88. The van der Waals surface area contributed by atoms with Crippen molar-refractivity contribution in [1.82, 2.24) is 4.90 Å². The zero-order valence-electron chi connectivity index (χ0n) is 8.61. The molecule has 2 aliphatic heterocycles. The monoisotopic (exact) mass is 194 g/mol. The molecule has 2 rings (SSSR count). The van der Waals surface area contributed by atoms with Gasteiger partial charge in [0.15, 0.2) is 0 Å². The summed E-state index contributed by atoms with van der Waals surface area (Å²) in [7, 11) is 0. The topological polar surface area (TPSA) is 36.3 Å². The van der Waals surface area contributed by atoms with Gasteiger partial charge < -0.3 is 9.64 Å². The van der Waals surface area contributed by atoms with Crippen molar-refractivity contribution in [2.45, 2.75) is 31.8 Å². The number of likely N-dealkylation sites (tertiary alicyclic amines) is 1. The first-order valence-electron chi connectivity index (χ1n) is 5.62. The van der Waals surface area contributed by atoms with E-state index in [1.165, 1.54) is 12.8 Å². The number of rotatable bonds is 2. The average Bonchev–Trinajstić information content (AvgIpc) is 2.72. The standard InChI is InChI=1S/C11H18N2O/c12-8-10-3-5-13(6-4-10)9-11-2-1-7-14-11/h10-11H,1-7,9H2. The summed E-state index contributed by atoms with van der Waals surface area (Å²) in [5, 5.41) is 8.77. The third kappa shape index (κ3) is 2.46. The number of hydrogen-bond acceptors (Lipinski definition) is 3. The van der Waals surface area contributed by atoms with Crippen LogP contribution < -0.4 is 0 Å². The van der Waals surface area contributed by atoms with Crippen LogP contribution in [-0.4, -0.2) is 37.2 Å². The van der Waals surface area contributed by atoms with Crippen molar-refractivity contribution >= 4 is 0 Å². The highest BCUT2D eigenvalue weighted by Crippen LogP contribution is 2.19. The minimum Gasteiger partial charge on any atom is -0.377 e. The van der Waals surface area contributed by atoms with Gasteiger partial charge >= 0.3 is 0 Å². The molecular formula is C11H18N2O. The van der Waals surface area contributed by atoms with E-state index in [9.17, 15) is 0 Å². The third-order valence-corrected chi connectivity index (χ3v) is 3.26. The zero-order chi connectivity index (χ0) is 9.80. The van der Waals surface area contributed by atoms with Crippen LogP contribution >= 0.6 is 0 Å². The van der Waals surface area contributed by atoms with Crippen molar-refractivity contribution in [1.29, 1.82) is 5.26 Å². The largest absolute Gasteiger partial charge is 0.377 e. The summed E-state index contributed by atoms with van der Waals surface area (Å²) in [5.41, 5.74) is 0. The molecule has 0 bridgehead atoms. The molecule has 0 aromatic carbocycles. The molecule has 0 saturated carbocycles. The van der Waals surface area contributed by atoms with Crippen LogP contribution in [0.1, 0.15) is 25.7 Å². The molecule has 1 unspecified atom stereocenters. The predicted molar refractivity (Wildman–Crippen MR) is 53.8 cm³/mol. The van der Waals surface area contributed by atoms with Gasteiger partial charge in [-0.3, -0.25) is 0 Å². The van der Waals surface area contributed by atoms with E-state index in [-0.39, 0.29) is 0 Å². The van der Waals surface area contributed by atoms with Crippen molar-refractivity contribution in [2.24, 2.45) is 5.92 Å². The third-order valence-electron chi connectivity index (χ3n) is 3.26. The van der Waals surface area contributed by atoms with Crippen LogP contribution in [0.4, 0.5) is 0 Å². The smallest absolute Gasteiger partial charge is 0.0702 e. The lowest BCUT2D eigenvalue weighted by molar-refractivity contribution is 0.0632. The SMILES string of the molecule is N#CC1CCN(CC2CCCO2)CC1. The van der Waals surface area contributed by atoms with E-state index in [0.29, 0.717) is 12.0 Å². The maximum Gasteiger partial charge on any atom is 0.0702 e. The number of nitriles is 1. The van der Waals surface area contributed by atoms with Crippen molar-refractivity contribution in [3.05, 3.63) is 0 Å². The Hall–Kier alpha value is -0.590. The van der Waals surface area contributed by atoms with Gasteiger partial charge in [0.25, 0.3) is 0 Å². The van der Waals surface area contributed by atoms with Gasteiger partial charge in [-0.05, 0) is 38.8 Å². The number of nitrogens with zero attached hydrogens (tertiary/aromatic N) is 2. The molecule has 0 N–H and O–H groups in total. The van der Waals surface area contributed by atoms with Crippen LogP contribution in [-0.2, 0) is 4.74 Å². The van der Waals surface area contributed by atoms with E-state index in [1.54, 1.807) is 0 Å². The molecule has 3 heteroatoms. The Balaban J connectivity index is 1.70. The van der Waals surface area contributed by atoms with E-state index < -0.39 is 0 Å². The number of piperidine rings is 1. The van der Waals surface area contributed by atoms with Gasteiger partial charge in [-0.15, -0.1) is 0 Å². The first-order valence-corrected chi connectivity index (χ1v) is 5.62. The predicted octanol–water partition coefficient (Wildman–Crippen LogP) is 1.40. The van der Waals surface area contributed by atoms with Gasteiger partial charge in [-0.2, -0.15) is 5.26 Å². The van der Waals surface area contributed by atoms with Gasteiger partial charge in [-0.25, -0.2) is 0 Å². The van der Waals surface area contributed by atoms with Gasteiger partial charge in [-0.1, -0.05) is 0 Å². The Kier molecular flexibility index (Phi) is 3.39. The molecule has 2 fully saturated rings. The molecule has 0 aliphatic carbocycles. The normalized spacial score (nSPS) is 30.4. The summed E-state index contributed by atoms with van der Waals surface area (Å²) >= 11 is 0. The molecule has 0 amide bonds. The first-order chi connectivity index (χ1) is 6.88. The van der Waals surface area contributed by atoms with Crippen molar-refractivity contribution in [3.8, 4) is 6.07 Å². The van der Waals surface area contributed by atoms with Gasteiger partial charge in [0.2, 0.25) is 0 Å². The van der Waals surface area contributed by atoms with E-state index in [1.807, 2.05) is 0 Å². The number of hydrogen-bond donors (Lipinski definition) is 0. The van der Waals surface area contributed by atoms with Crippen LogP contribution in [0.3, 0.4) is 0 Å². The fourth-order valence-electron chi connectivity index (χ4n) is 2.32. The van der Waals surface area contributed by atoms with Crippen LogP contribution in [0.15, 0.2) is 0 Å². The fraction of sp³-hybridized carbons (Fsp3) is 0.909. The minimum absolute atomic E-state index is 0.302. The maximum atomic E-state index is 8.77. The Morgan fingerprint density at radius 2 is 2.07 bits per heavy atom. The second kappa shape index (κ2) is 4.77. The Morgan fingerprint density at radius 3 is 2.64 bits per heavy atom. The molecule has 0 aromatic heterocycles. The van der Waals surface area contributed by atoms with Gasteiger partial charge in [0, 0.05) is 19.1 Å². The Morgan fingerprint density at radius 1 is 1.29 bits per heavy atom. The van der Waals surface area contributed by atoms with Crippen LogP contribution in [0.5, 0.6) is 0 Å². The molecule has 0 aromatic rings. The van der Waals surface area contributed by atoms with E-state index in [2.05, 4.69) is 11.0 Å². The molecule has 78 valence electrons. The second-order valence-corrected chi connectivity index (χ2v) is 4.34. The molecule has 0 radical (unpaired) electrons. The number of ether oxygens (including phenoxy) is 1. The lowest BCUT2D eigenvalue weighted by Gasteiger charge is -2.30. The summed E-state index contributed by atoms with van der Waals surface area (Å²) in [5.74, 6) is 0.302. The van der Waals surface area contributed by atoms with Crippen LogP contribution in [0.25, 0.3) is 0 Å². The summed E-state index contributed by atoms with van der Waals surface area (Å²) < 4.78 is 5.60. The highest BCUT2D eigenvalue weighted by atomic mass is 16.5. The average molecular weight is 194 g/mol. The minimum atomic E-state index is 0.302.